The van der Waals surface area contributed by atoms with Gasteiger partial charge in [-0.2, -0.15) is 0 Å². The maximum Gasteiger partial charge on any atom is 0.322 e. The van der Waals surface area contributed by atoms with Crippen LogP contribution in [-0.2, 0) is 20.5 Å². The molecule has 1 rings (SSSR count). The third-order valence-corrected chi connectivity index (χ3v) is 2.51. The Morgan fingerprint density at radius 1 is 1.47 bits per heavy atom. The predicted octanol–water partition coefficient (Wildman–Crippen LogP) is 0.646. The molecule has 1 atom stereocenters. The standard InChI is InChI=1S/C10H12NO3P/c1-14-10(12)9(11)6-7-2-4-8(15-13)5-3-7/h2-5,9H,6,11H2,1H3/t9-/m0/s1. The lowest BCUT2D eigenvalue weighted by atomic mass is 10.1. The highest BCUT2D eigenvalue weighted by molar-refractivity contribution is 7.34. The normalized spacial score (nSPS) is 12.4. The van der Waals surface area contributed by atoms with Crippen molar-refractivity contribution in [1.29, 1.82) is 0 Å². The first-order valence-corrected chi connectivity index (χ1v) is 5.24. The van der Waals surface area contributed by atoms with Crippen LogP contribution in [0.5, 0.6) is 0 Å². The Morgan fingerprint density at radius 3 is 2.53 bits per heavy atom. The molecule has 0 heterocycles. The number of hydrogen-bond donors (Lipinski definition) is 1. The molecule has 2 N–H and O–H groups in total. The van der Waals surface area contributed by atoms with Crippen molar-refractivity contribution in [2.75, 3.05) is 7.11 Å². The molecule has 15 heavy (non-hydrogen) atoms. The number of carbonyl (C=O) groups excluding carboxylic acids is 1. The van der Waals surface area contributed by atoms with Gasteiger partial charge in [-0.1, -0.05) is 12.1 Å². The van der Waals surface area contributed by atoms with E-state index in [1.807, 2.05) is 0 Å². The molecule has 0 fully saturated rings. The molecular formula is C10H12NO3P. The Hall–Kier alpha value is -1.25. The second-order valence-electron chi connectivity index (χ2n) is 3.09. The summed E-state index contributed by atoms with van der Waals surface area (Å²) >= 11 is 0. The molecular weight excluding hydrogens is 213 g/mol. The maximum atomic E-state index is 11.0. The Morgan fingerprint density at radius 2 is 2.07 bits per heavy atom. The predicted molar refractivity (Wildman–Crippen MR) is 57.4 cm³/mol. The van der Waals surface area contributed by atoms with Gasteiger partial charge in [0.2, 0.25) is 0 Å². The zero-order valence-electron chi connectivity index (χ0n) is 8.34. The summed E-state index contributed by atoms with van der Waals surface area (Å²) in [5.41, 5.74) is 6.51. The highest BCUT2D eigenvalue weighted by atomic mass is 31.1. The van der Waals surface area contributed by atoms with Crippen LogP contribution >= 0.6 is 8.46 Å². The summed E-state index contributed by atoms with van der Waals surface area (Å²) in [4.78, 5) is 11.0. The van der Waals surface area contributed by atoms with E-state index in [9.17, 15) is 9.36 Å². The summed E-state index contributed by atoms with van der Waals surface area (Å²) in [5, 5.41) is 0.699. The quantitative estimate of drug-likeness (QED) is 0.603. The average molecular weight is 225 g/mol. The monoisotopic (exact) mass is 225 g/mol. The van der Waals surface area contributed by atoms with Crippen LogP contribution in [-0.4, -0.2) is 19.1 Å². The minimum atomic E-state index is -0.648. The van der Waals surface area contributed by atoms with Gasteiger partial charge in [-0.15, -0.1) is 0 Å². The van der Waals surface area contributed by atoms with Crippen LogP contribution < -0.4 is 11.0 Å². The molecule has 0 aliphatic carbocycles. The molecule has 0 unspecified atom stereocenters. The van der Waals surface area contributed by atoms with Crippen molar-refractivity contribution in [2.45, 2.75) is 12.5 Å². The number of rotatable bonds is 4. The van der Waals surface area contributed by atoms with Crippen LogP contribution in [0.1, 0.15) is 5.56 Å². The van der Waals surface area contributed by atoms with E-state index < -0.39 is 12.0 Å². The first-order valence-electron chi connectivity index (χ1n) is 4.43. The lowest BCUT2D eigenvalue weighted by molar-refractivity contribution is -0.142. The molecule has 1 aromatic rings. The molecule has 0 aliphatic heterocycles. The van der Waals surface area contributed by atoms with Crippen molar-refractivity contribution in [1.82, 2.24) is 0 Å². The zero-order chi connectivity index (χ0) is 11.3. The molecule has 0 radical (unpaired) electrons. The SMILES string of the molecule is COC(=O)[C@@H](N)Cc1ccc(P=O)cc1. The molecule has 0 spiro atoms. The number of methoxy groups -OCH3 is 1. The van der Waals surface area contributed by atoms with Gasteiger partial charge in [0.05, 0.1) is 7.11 Å². The van der Waals surface area contributed by atoms with Crippen LogP contribution in [0.25, 0.3) is 0 Å². The van der Waals surface area contributed by atoms with Crippen LogP contribution in [0.3, 0.4) is 0 Å². The van der Waals surface area contributed by atoms with E-state index in [2.05, 4.69) is 4.74 Å². The summed E-state index contributed by atoms with van der Waals surface area (Å²) in [5.74, 6) is -0.430. The van der Waals surface area contributed by atoms with Crippen LogP contribution in [0.4, 0.5) is 0 Å². The van der Waals surface area contributed by atoms with Gasteiger partial charge in [0, 0.05) is 5.30 Å². The summed E-state index contributed by atoms with van der Waals surface area (Å²) < 4.78 is 15.0. The number of ether oxygens (including phenoxy) is 1. The van der Waals surface area contributed by atoms with E-state index in [-0.39, 0.29) is 8.46 Å². The summed E-state index contributed by atoms with van der Waals surface area (Å²) in [6.07, 6.45) is 0.419. The molecule has 0 bridgehead atoms. The smallest absolute Gasteiger partial charge is 0.322 e. The maximum absolute atomic E-state index is 11.0. The molecule has 0 aliphatic rings. The Kier molecular flexibility index (Phi) is 4.40. The number of esters is 1. The van der Waals surface area contributed by atoms with E-state index in [0.29, 0.717) is 11.7 Å². The van der Waals surface area contributed by atoms with Crippen molar-refractivity contribution in [3.63, 3.8) is 0 Å². The number of nitrogens with two attached hydrogens (primary N) is 1. The van der Waals surface area contributed by atoms with Crippen molar-refractivity contribution < 1.29 is 14.1 Å². The summed E-state index contributed by atoms with van der Waals surface area (Å²) in [7, 11) is 1.30. The van der Waals surface area contributed by atoms with E-state index in [4.69, 9.17) is 5.73 Å². The average Bonchev–Trinajstić information content (AvgIpc) is 2.29. The van der Waals surface area contributed by atoms with Gasteiger partial charge in [0.15, 0.2) is 8.46 Å². The number of carbonyl (C=O) groups is 1. The second kappa shape index (κ2) is 5.59. The van der Waals surface area contributed by atoms with Gasteiger partial charge < -0.3 is 10.5 Å². The molecule has 1 aromatic carbocycles. The van der Waals surface area contributed by atoms with Crippen molar-refractivity contribution >= 4 is 19.7 Å². The van der Waals surface area contributed by atoms with Crippen molar-refractivity contribution in [3.05, 3.63) is 29.8 Å². The van der Waals surface area contributed by atoms with E-state index in [1.54, 1.807) is 24.3 Å². The lowest BCUT2D eigenvalue weighted by Crippen LogP contribution is -2.33. The summed E-state index contributed by atoms with van der Waals surface area (Å²) in [6.45, 7) is 0. The van der Waals surface area contributed by atoms with Crippen LogP contribution in [0.2, 0.25) is 0 Å². The Bertz CT molecular complexity index is 350. The topological polar surface area (TPSA) is 69.4 Å². The lowest BCUT2D eigenvalue weighted by Gasteiger charge is -2.08. The Balaban J connectivity index is 2.64. The highest BCUT2D eigenvalue weighted by Gasteiger charge is 2.13. The van der Waals surface area contributed by atoms with Gasteiger partial charge in [-0.3, -0.25) is 9.36 Å². The van der Waals surface area contributed by atoms with Crippen molar-refractivity contribution in [2.24, 2.45) is 5.73 Å². The van der Waals surface area contributed by atoms with Gasteiger partial charge in [0.25, 0.3) is 0 Å². The summed E-state index contributed by atoms with van der Waals surface area (Å²) in [6, 6.07) is 6.40. The number of hydrogen-bond acceptors (Lipinski definition) is 4. The zero-order valence-corrected chi connectivity index (χ0v) is 9.24. The fourth-order valence-electron chi connectivity index (χ4n) is 1.18. The molecule has 0 saturated carbocycles. The third kappa shape index (κ3) is 3.42. The van der Waals surface area contributed by atoms with E-state index in [0.717, 1.165) is 5.56 Å². The third-order valence-electron chi connectivity index (χ3n) is 2.00. The first kappa shape index (κ1) is 11.8. The van der Waals surface area contributed by atoms with Crippen molar-refractivity contribution in [3.8, 4) is 0 Å². The Labute approximate surface area is 89.6 Å². The molecule has 80 valence electrons. The van der Waals surface area contributed by atoms with Gasteiger partial charge in [-0.05, 0) is 24.1 Å². The molecule has 5 heteroatoms. The minimum Gasteiger partial charge on any atom is -0.468 e. The van der Waals surface area contributed by atoms with Crippen LogP contribution in [0.15, 0.2) is 24.3 Å². The fraction of sp³-hybridized carbons (Fsp3) is 0.300. The fourth-order valence-corrected chi connectivity index (χ4v) is 1.45. The molecule has 0 amide bonds. The highest BCUT2D eigenvalue weighted by Crippen LogP contribution is 2.04. The number of benzene rings is 1. The molecule has 0 aromatic heterocycles. The second-order valence-corrected chi connectivity index (χ2v) is 3.79. The first-order chi connectivity index (χ1) is 7.17. The van der Waals surface area contributed by atoms with Gasteiger partial charge in [0.1, 0.15) is 6.04 Å². The van der Waals surface area contributed by atoms with Gasteiger partial charge in [-0.25, -0.2) is 0 Å². The van der Waals surface area contributed by atoms with E-state index in [1.165, 1.54) is 7.11 Å². The largest absolute Gasteiger partial charge is 0.468 e. The van der Waals surface area contributed by atoms with Gasteiger partial charge >= 0.3 is 5.97 Å². The minimum absolute atomic E-state index is 0.0104. The molecule has 0 saturated heterocycles. The van der Waals surface area contributed by atoms with E-state index >= 15 is 0 Å². The molecule has 4 nitrogen and oxygen atoms in total. The van der Waals surface area contributed by atoms with Crippen LogP contribution in [0, 0.1) is 0 Å².